The minimum Gasteiger partial charge on any atom is -0.206 e. The molecule has 0 bridgehead atoms. The third kappa shape index (κ3) is 3.98. The first-order chi connectivity index (χ1) is 9.40. The monoisotopic (exact) mass is 304 g/mol. The second-order valence-corrected chi connectivity index (χ2v) is 7.54. The van der Waals surface area contributed by atoms with Crippen molar-refractivity contribution in [2.45, 2.75) is 60.3 Å². The largest absolute Gasteiger partial charge is 0.206 e. The van der Waals surface area contributed by atoms with Crippen molar-refractivity contribution in [2.75, 3.05) is 0 Å². The SMILES string of the molecule is CCC(C)(C)C(CC(C)(C)C)c1c(F)cc(F)c(F)c1F. The van der Waals surface area contributed by atoms with Crippen molar-refractivity contribution in [3.05, 3.63) is 34.9 Å². The lowest BCUT2D eigenvalue weighted by Gasteiger charge is -2.38. The lowest BCUT2D eigenvalue weighted by Crippen LogP contribution is -2.28. The Morgan fingerprint density at radius 2 is 1.43 bits per heavy atom. The average molecular weight is 304 g/mol. The predicted molar refractivity (Wildman–Crippen MR) is 77.2 cm³/mol. The van der Waals surface area contributed by atoms with Gasteiger partial charge in [0.1, 0.15) is 5.82 Å². The van der Waals surface area contributed by atoms with Gasteiger partial charge >= 0.3 is 0 Å². The second-order valence-electron chi connectivity index (χ2n) is 7.54. The first-order valence-electron chi connectivity index (χ1n) is 7.23. The van der Waals surface area contributed by atoms with E-state index >= 15 is 0 Å². The van der Waals surface area contributed by atoms with Crippen molar-refractivity contribution in [3.63, 3.8) is 0 Å². The molecular formula is C17H24F4. The average Bonchev–Trinajstić information content (AvgIpc) is 2.33. The molecule has 0 aliphatic carbocycles. The summed E-state index contributed by atoms with van der Waals surface area (Å²) in [6.07, 6.45) is 1.15. The van der Waals surface area contributed by atoms with Crippen molar-refractivity contribution >= 4 is 0 Å². The van der Waals surface area contributed by atoms with Crippen LogP contribution in [0, 0.1) is 34.1 Å². The van der Waals surface area contributed by atoms with Gasteiger partial charge in [0.15, 0.2) is 17.5 Å². The van der Waals surface area contributed by atoms with Crippen molar-refractivity contribution < 1.29 is 17.6 Å². The van der Waals surface area contributed by atoms with Crippen LogP contribution < -0.4 is 0 Å². The van der Waals surface area contributed by atoms with Crippen molar-refractivity contribution in [1.29, 1.82) is 0 Å². The first kappa shape index (κ1) is 18.0. The summed E-state index contributed by atoms with van der Waals surface area (Å²) < 4.78 is 55.0. The van der Waals surface area contributed by atoms with Gasteiger partial charge in [0.25, 0.3) is 0 Å². The molecule has 4 heteroatoms. The van der Waals surface area contributed by atoms with Crippen LogP contribution in [-0.4, -0.2) is 0 Å². The van der Waals surface area contributed by atoms with Gasteiger partial charge in [-0.25, -0.2) is 17.6 Å². The van der Waals surface area contributed by atoms with Gasteiger partial charge in [-0.1, -0.05) is 48.0 Å². The Morgan fingerprint density at radius 3 is 1.86 bits per heavy atom. The summed E-state index contributed by atoms with van der Waals surface area (Å²) in [6.45, 7) is 11.6. The van der Waals surface area contributed by atoms with Crippen LogP contribution in [0.5, 0.6) is 0 Å². The topological polar surface area (TPSA) is 0 Å². The van der Waals surface area contributed by atoms with E-state index in [4.69, 9.17) is 0 Å². The lowest BCUT2D eigenvalue weighted by molar-refractivity contribution is 0.193. The Labute approximate surface area is 124 Å². The third-order valence-corrected chi connectivity index (χ3v) is 4.17. The van der Waals surface area contributed by atoms with E-state index in [1.807, 2.05) is 41.5 Å². The van der Waals surface area contributed by atoms with Crippen molar-refractivity contribution in [2.24, 2.45) is 10.8 Å². The van der Waals surface area contributed by atoms with Crippen LogP contribution in [0.2, 0.25) is 0 Å². The van der Waals surface area contributed by atoms with Crippen LogP contribution >= 0.6 is 0 Å². The van der Waals surface area contributed by atoms with Crippen LogP contribution in [-0.2, 0) is 0 Å². The molecule has 0 spiro atoms. The van der Waals surface area contributed by atoms with Gasteiger partial charge in [0.2, 0.25) is 0 Å². The van der Waals surface area contributed by atoms with Crippen LogP contribution in [0.1, 0.15) is 65.9 Å². The van der Waals surface area contributed by atoms with Crippen LogP contribution in [0.25, 0.3) is 0 Å². The Kier molecular flexibility index (Phi) is 5.12. The minimum absolute atomic E-state index is 0.194. The van der Waals surface area contributed by atoms with E-state index in [0.29, 0.717) is 18.9 Å². The number of hydrogen-bond donors (Lipinski definition) is 0. The normalized spacial score (nSPS) is 14.4. The Bertz CT molecular complexity index is 513. The zero-order valence-electron chi connectivity index (χ0n) is 13.6. The molecule has 1 aromatic carbocycles. The number of benzene rings is 1. The first-order valence-corrected chi connectivity index (χ1v) is 7.23. The highest BCUT2D eigenvalue weighted by molar-refractivity contribution is 5.28. The molecule has 0 amide bonds. The molecule has 0 aliphatic rings. The molecule has 21 heavy (non-hydrogen) atoms. The highest BCUT2D eigenvalue weighted by Gasteiger charge is 2.37. The Morgan fingerprint density at radius 1 is 0.905 bits per heavy atom. The third-order valence-electron chi connectivity index (χ3n) is 4.17. The van der Waals surface area contributed by atoms with Crippen molar-refractivity contribution in [3.8, 4) is 0 Å². The fourth-order valence-corrected chi connectivity index (χ4v) is 2.53. The predicted octanol–water partition coefficient (Wildman–Crippen LogP) is 6.20. The van der Waals surface area contributed by atoms with E-state index in [1.165, 1.54) is 0 Å². The zero-order chi connectivity index (χ0) is 16.6. The van der Waals surface area contributed by atoms with E-state index in [0.717, 1.165) is 0 Å². The summed E-state index contributed by atoms with van der Waals surface area (Å²) in [5.74, 6) is -6.03. The molecule has 0 radical (unpaired) electrons. The quantitative estimate of drug-likeness (QED) is 0.353. The van der Waals surface area contributed by atoms with Gasteiger partial charge in [-0.05, 0) is 23.2 Å². The fraction of sp³-hybridized carbons (Fsp3) is 0.647. The maximum atomic E-state index is 14.2. The molecule has 1 unspecified atom stereocenters. The molecule has 120 valence electrons. The van der Waals surface area contributed by atoms with Gasteiger partial charge in [-0.3, -0.25) is 0 Å². The highest BCUT2D eigenvalue weighted by Crippen LogP contribution is 2.47. The van der Waals surface area contributed by atoms with Gasteiger partial charge in [0.05, 0.1) is 0 Å². The van der Waals surface area contributed by atoms with Crippen molar-refractivity contribution in [1.82, 2.24) is 0 Å². The Hall–Kier alpha value is -1.06. The molecule has 0 N–H and O–H groups in total. The maximum Gasteiger partial charge on any atom is 0.194 e. The summed E-state index contributed by atoms with van der Waals surface area (Å²) in [4.78, 5) is 0. The summed E-state index contributed by atoms with van der Waals surface area (Å²) in [7, 11) is 0. The minimum atomic E-state index is -1.60. The van der Waals surface area contributed by atoms with E-state index in [1.54, 1.807) is 0 Å². The maximum absolute atomic E-state index is 14.2. The van der Waals surface area contributed by atoms with Gasteiger partial charge in [0, 0.05) is 11.6 Å². The summed E-state index contributed by atoms with van der Waals surface area (Å²) in [6, 6.07) is 0.440. The standard InChI is InChI=1S/C17H24F4/c1-7-17(5,6)10(9-16(2,3)4)13-11(18)8-12(19)14(20)15(13)21/h8,10H,7,9H2,1-6H3. The van der Waals surface area contributed by atoms with Crippen LogP contribution in [0.15, 0.2) is 6.07 Å². The summed E-state index contributed by atoms with van der Waals surface area (Å²) >= 11 is 0. The molecule has 1 atom stereocenters. The van der Waals surface area contributed by atoms with E-state index in [2.05, 4.69) is 0 Å². The molecule has 0 nitrogen and oxygen atoms in total. The smallest absolute Gasteiger partial charge is 0.194 e. The molecule has 0 aliphatic heterocycles. The van der Waals surface area contributed by atoms with Gasteiger partial charge in [-0.2, -0.15) is 0 Å². The molecule has 0 saturated carbocycles. The molecular weight excluding hydrogens is 280 g/mol. The van der Waals surface area contributed by atoms with E-state index < -0.39 is 34.6 Å². The van der Waals surface area contributed by atoms with Crippen LogP contribution in [0.4, 0.5) is 17.6 Å². The summed E-state index contributed by atoms with van der Waals surface area (Å²) in [5.41, 5.74) is -0.962. The zero-order valence-corrected chi connectivity index (χ0v) is 13.6. The van der Waals surface area contributed by atoms with Gasteiger partial charge in [-0.15, -0.1) is 0 Å². The number of halogens is 4. The molecule has 0 fully saturated rings. The molecule has 1 rings (SSSR count). The molecule has 0 heterocycles. The number of rotatable bonds is 4. The van der Waals surface area contributed by atoms with Gasteiger partial charge < -0.3 is 0 Å². The van der Waals surface area contributed by atoms with E-state index in [9.17, 15) is 17.6 Å². The van der Waals surface area contributed by atoms with E-state index in [-0.39, 0.29) is 11.0 Å². The highest BCUT2D eigenvalue weighted by atomic mass is 19.2. The lowest BCUT2D eigenvalue weighted by atomic mass is 9.66. The molecule has 0 aromatic heterocycles. The number of hydrogen-bond acceptors (Lipinski definition) is 0. The second kappa shape index (κ2) is 5.98. The molecule has 1 aromatic rings. The fourth-order valence-electron chi connectivity index (χ4n) is 2.53. The van der Waals surface area contributed by atoms with Crippen LogP contribution in [0.3, 0.4) is 0 Å². The summed E-state index contributed by atoms with van der Waals surface area (Å²) in [5, 5.41) is 0. The Balaban J connectivity index is 3.51. The molecule has 0 saturated heterocycles.